The Bertz CT molecular complexity index is 378. The first-order valence-electron chi connectivity index (χ1n) is 7.09. The monoisotopic (exact) mass is 261 g/mol. The fraction of sp³-hybridized carbons (Fsp3) is 0.533. The lowest BCUT2D eigenvalue weighted by Gasteiger charge is -2.15. The predicted octanol–water partition coefficient (Wildman–Crippen LogP) is 1.57. The van der Waals surface area contributed by atoms with E-state index in [1.165, 1.54) is 5.56 Å². The van der Waals surface area contributed by atoms with Crippen LogP contribution >= 0.6 is 0 Å². The minimum Gasteiger partial charge on any atom is -0.381 e. The second kappa shape index (κ2) is 8.53. The largest absolute Gasteiger partial charge is 0.381 e. The number of nitrogens with one attached hydrogen (secondary N) is 2. The van der Waals surface area contributed by atoms with Crippen molar-refractivity contribution in [1.29, 1.82) is 0 Å². The zero-order valence-corrected chi connectivity index (χ0v) is 11.4. The maximum absolute atomic E-state index is 5.63. The first-order chi connectivity index (χ1) is 9.45. The van der Waals surface area contributed by atoms with Crippen LogP contribution < -0.4 is 10.6 Å². The zero-order chi connectivity index (χ0) is 13.2. The van der Waals surface area contributed by atoms with E-state index in [0.29, 0.717) is 0 Å². The third kappa shape index (κ3) is 5.75. The lowest BCUT2D eigenvalue weighted by Crippen LogP contribution is -2.41. The van der Waals surface area contributed by atoms with Crippen LogP contribution in [0.5, 0.6) is 0 Å². The lowest BCUT2D eigenvalue weighted by molar-refractivity contribution is 0.135. The summed E-state index contributed by atoms with van der Waals surface area (Å²) in [6.45, 7) is 4.47. The maximum Gasteiger partial charge on any atom is 0.191 e. The van der Waals surface area contributed by atoms with Crippen LogP contribution in [0.1, 0.15) is 18.4 Å². The minimum atomic E-state index is 0.795. The summed E-state index contributed by atoms with van der Waals surface area (Å²) in [5, 5.41) is 6.53. The van der Waals surface area contributed by atoms with Gasteiger partial charge >= 0.3 is 0 Å². The molecule has 0 bridgehead atoms. The molecule has 0 spiro atoms. The molecule has 19 heavy (non-hydrogen) atoms. The Hall–Kier alpha value is -1.55. The molecule has 1 aliphatic rings. The molecular formula is C15H23N3O. The van der Waals surface area contributed by atoms with Gasteiger partial charge in [-0.25, -0.2) is 0 Å². The van der Waals surface area contributed by atoms with Gasteiger partial charge in [-0.15, -0.1) is 0 Å². The number of nitrogens with zero attached hydrogens (tertiary/aromatic N) is 1. The van der Waals surface area contributed by atoms with Gasteiger partial charge in [0.25, 0.3) is 0 Å². The van der Waals surface area contributed by atoms with Crippen LogP contribution in [0.15, 0.2) is 35.3 Å². The van der Waals surface area contributed by atoms with Gasteiger partial charge in [-0.3, -0.25) is 4.99 Å². The molecule has 0 atom stereocenters. The lowest BCUT2D eigenvalue weighted by atomic mass is 10.2. The molecule has 1 aromatic rings. The molecule has 0 aromatic heterocycles. The van der Waals surface area contributed by atoms with Gasteiger partial charge in [-0.05, 0) is 24.8 Å². The summed E-state index contributed by atoms with van der Waals surface area (Å²) < 4.78 is 5.63. The van der Waals surface area contributed by atoms with Crippen molar-refractivity contribution >= 4 is 5.96 Å². The smallest absolute Gasteiger partial charge is 0.191 e. The van der Waals surface area contributed by atoms with Gasteiger partial charge in [-0.2, -0.15) is 0 Å². The molecule has 2 N–H and O–H groups in total. The second-order valence-corrected chi connectivity index (χ2v) is 4.64. The van der Waals surface area contributed by atoms with Crippen LogP contribution in [0.3, 0.4) is 0 Å². The van der Waals surface area contributed by atoms with Gasteiger partial charge in [0, 0.05) is 26.2 Å². The van der Waals surface area contributed by atoms with Gasteiger partial charge in [0.15, 0.2) is 5.96 Å². The van der Waals surface area contributed by atoms with Gasteiger partial charge in [-0.1, -0.05) is 30.3 Å². The average Bonchev–Trinajstić information content (AvgIpc) is 2.48. The normalized spacial score (nSPS) is 14.6. The second-order valence-electron chi connectivity index (χ2n) is 4.64. The standard InChI is InChI=1S/C15H23N3O/c1-2-6-14(7-3-1)8-13-19-12-5-11-18-15-16-9-4-10-17-15/h1-3,6-7H,4-5,8-13H2,(H2,16,17,18). The number of hydrogen-bond acceptors (Lipinski definition) is 4. The van der Waals surface area contributed by atoms with Crippen molar-refractivity contribution in [1.82, 2.24) is 10.6 Å². The molecule has 0 amide bonds. The number of rotatable bonds is 7. The van der Waals surface area contributed by atoms with E-state index in [9.17, 15) is 0 Å². The quantitative estimate of drug-likeness (QED) is 0.732. The van der Waals surface area contributed by atoms with Gasteiger partial charge in [0.05, 0.1) is 6.61 Å². The Kier molecular flexibility index (Phi) is 6.23. The summed E-state index contributed by atoms with van der Waals surface area (Å²) in [5.74, 6) is 0.940. The summed E-state index contributed by atoms with van der Waals surface area (Å²) >= 11 is 0. The highest BCUT2D eigenvalue weighted by Gasteiger charge is 2.01. The topological polar surface area (TPSA) is 45.6 Å². The average molecular weight is 261 g/mol. The van der Waals surface area contributed by atoms with Crippen molar-refractivity contribution in [2.75, 3.05) is 32.8 Å². The van der Waals surface area contributed by atoms with Crippen LogP contribution in [0.4, 0.5) is 0 Å². The fourth-order valence-corrected chi connectivity index (χ4v) is 1.97. The molecular weight excluding hydrogens is 238 g/mol. The minimum absolute atomic E-state index is 0.795. The first-order valence-corrected chi connectivity index (χ1v) is 7.09. The van der Waals surface area contributed by atoms with Gasteiger partial charge < -0.3 is 15.4 Å². The molecule has 0 unspecified atom stereocenters. The SMILES string of the molecule is c1ccc(CCOCCCNC2=NCCCN2)cc1. The highest BCUT2D eigenvalue weighted by Crippen LogP contribution is 1.99. The van der Waals surface area contributed by atoms with Gasteiger partial charge in [0.1, 0.15) is 0 Å². The summed E-state index contributed by atoms with van der Waals surface area (Å²) in [6.07, 6.45) is 3.13. The number of ether oxygens (including phenoxy) is 1. The van der Waals surface area contributed by atoms with E-state index >= 15 is 0 Å². The Morgan fingerprint density at radius 2 is 2.11 bits per heavy atom. The zero-order valence-electron chi connectivity index (χ0n) is 11.4. The van der Waals surface area contributed by atoms with E-state index in [0.717, 1.165) is 58.1 Å². The summed E-state index contributed by atoms with van der Waals surface area (Å²) in [4.78, 5) is 4.36. The summed E-state index contributed by atoms with van der Waals surface area (Å²) in [7, 11) is 0. The highest BCUT2D eigenvalue weighted by molar-refractivity contribution is 5.80. The Balaban J connectivity index is 1.45. The number of hydrogen-bond donors (Lipinski definition) is 2. The van der Waals surface area contributed by atoms with E-state index in [-0.39, 0.29) is 0 Å². The Morgan fingerprint density at radius 3 is 2.89 bits per heavy atom. The third-order valence-corrected chi connectivity index (χ3v) is 3.03. The molecule has 104 valence electrons. The van der Waals surface area contributed by atoms with Crippen molar-refractivity contribution < 1.29 is 4.74 Å². The Morgan fingerprint density at radius 1 is 1.21 bits per heavy atom. The van der Waals surface area contributed by atoms with Crippen molar-refractivity contribution in [3.63, 3.8) is 0 Å². The molecule has 0 saturated heterocycles. The molecule has 0 radical (unpaired) electrons. The summed E-state index contributed by atoms with van der Waals surface area (Å²) in [5.41, 5.74) is 1.33. The van der Waals surface area contributed by atoms with E-state index < -0.39 is 0 Å². The number of guanidine groups is 1. The highest BCUT2D eigenvalue weighted by atomic mass is 16.5. The molecule has 4 nitrogen and oxygen atoms in total. The molecule has 0 saturated carbocycles. The van der Waals surface area contributed by atoms with E-state index in [1.807, 2.05) is 6.07 Å². The number of aliphatic imine (C=N–C) groups is 1. The molecule has 0 aliphatic carbocycles. The van der Waals surface area contributed by atoms with Crippen molar-refractivity contribution in [2.24, 2.45) is 4.99 Å². The van der Waals surface area contributed by atoms with Crippen LogP contribution in [0, 0.1) is 0 Å². The van der Waals surface area contributed by atoms with E-state index in [4.69, 9.17) is 4.74 Å². The van der Waals surface area contributed by atoms with Crippen LogP contribution in [-0.2, 0) is 11.2 Å². The molecule has 0 fully saturated rings. The molecule has 1 heterocycles. The van der Waals surface area contributed by atoms with Crippen LogP contribution in [0.25, 0.3) is 0 Å². The molecule has 4 heteroatoms. The molecule has 1 aliphatic heterocycles. The maximum atomic E-state index is 5.63. The molecule has 1 aromatic carbocycles. The number of benzene rings is 1. The van der Waals surface area contributed by atoms with E-state index in [1.54, 1.807) is 0 Å². The van der Waals surface area contributed by atoms with Crippen molar-refractivity contribution in [2.45, 2.75) is 19.3 Å². The third-order valence-electron chi connectivity index (χ3n) is 3.03. The van der Waals surface area contributed by atoms with Crippen molar-refractivity contribution in [3.05, 3.63) is 35.9 Å². The first kappa shape index (κ1) is 13.9. The summed E-state index contributed by atoms with van der Waals surface area (Å²) in [6, 6.07) is 10.4. The molecule has 2 rings (SSSR count). The Labute approximate surface area is 115 Å². The van der Waals surface area contributed by atoms with Crippen LogP contribution in [0.2, 0.25) is 0 Å². The fourth-order valence-electron chi connectivity index (χ4n) is 1.97. The predicted molar refractivity (Wildman–Crippen MR) is 78.5 cm³/mol. The van der Waals surface area contributed by atoms with Crippen molar-refractivity contribution in [3.8, 4) is 0 Å². The van der Waals surface area contributed by atoms with Crippen LogP contribution in [-0.4, -0.2) is 38.8 Å². The van der Waals surface area contributed by atoms with Gasteiger partial charge in [0.2, 0.25) is 0 Å². The van der Waals surface area contributed by atoms with E-state index in [2.05, 4.69) is 39.9 Å².